The van der Waals surface area contributed by atoms with Crippen LogP contribution in [0.15, 0.2) is 78.9 Å². The van der Waals surface area contributed by atoms with Gasteiger partial charge in [0.25, 0.3) is 8.32 Å². The molecule has 188 valence electrons. The van der Waals surface area contributed by atoms with Crippen molar-refractivity contribution in [3.8, 4) is 5.75 Å². The van der Waals surface area contributed by atoms with Gasteiger partial charge in [0.15, 0.2) is 6.79 Å². The van der Waals surface area contributed by atoms with Gasteiger partial charge in [-0.25, -0.2) is 0 Å². The van der Waals surface area contributed by atoms with E-state index in [1.54, 1.807) is 7.11 Å². The molecule has 0 saturated heterocycles. The van der Waals surface area contributed by atoms with Gasteiger partial charge in [-0.2, -0.15) is 0 Å². The third kappa shape index (κ3) is 6.41. The van der Waals surface area contributed by atoms with Crippen molar-refractivity contribution < 1.29 is 19.0 Å². The Bertz CT molecular complexity index is 992. The van der Waals surface area contributed by atoms with Crippen molar-refractivity contribution >= 4 is 18.7 Å². The lowest BCUT2D eigenvalue weighted by Crippen LogP contribution is -2.66. The predicted molar refractivity (Wildman–Crippen MR) is 146 cm³/mol. The zero-order valence-corrected chi connectivity index (χ0v) is 22.8. The fourth-order valence-electron chi connectivity index (χ4n) is 4.90. The Morgan fingerprint density at radius 3 is 1.97 bits per heavy atom. The van der Waals surface area contributed by atoms with Gasteiger partial charge >= 0.3 is 0 Å². The molecule has 0 fully saturated rings. The second kappa shape index (κ2) is 12.5. The fraction of sp³-hybridized carbons (Fsp3) is 0.400. The Morgan fingerprint density at radius 1 is 0.857 bits per heavy atom. The van der Waals surface area contributed by atoms with E-state index in [1.807, 2.05) is 6.92 Å². The summed E-state index contributed by atoms with van der Waals surface area (Å²) in [6.07, 6.45) is 1.49. The van der Waals surface area contributed by atoms with Crippen LogP contribution in [0.5, 0.6) is 5.75 Å². The number of aliphatic hydroxyl groups excluding tert-OH is 1. The van der Waals surface area contributed by atoms with E-state index in [1.165, 1.54) is 10.4 Å². The van der Waals surface area contributed by atoms with Crippen LogP contribution < -0.4 is 15.1 Å². The molecular formula is C30H40O4Si. The molecule has 5 heteroatoms. The standard InChI is InChI=1S/C30H40O4Si/c1-24-16-17-26(22-29(24)33-23-32-5)25(18-20-31)19-21-34-35(30(2,3)4,27-12-8-6-9-13-27)28-14-10-7-11-15-28/h6-17,22,25,31H,18-21,23H2,1-5H3/t25-/m1/s1. The molecule has 0 bridgehead atoms. The topological polar surface area (TPSA) is 47.9 Å². The quantitative estimate of drug-likeness (QED) is 0.271. The lowest BCUT2D eigenvalue weighted by molar-refractivity contribution is 0.0505. The molecule has 0 amide bonds. The van der Waals surface area contributed by atoms with Gasteiger partial charge in [0, 0.05) is 20.3 Å². The van der Waals surface area contributed by atoms with Crippen molar-refractivity contribution in [1.82, 2.24) is 0 Å². The highest BCUT2D eigenvalue weighted by Gasteiger charge is 2.50. The van der Waals surface area contributed by atoms with Crippen molar-refractivity contribution in [3.05, 3.63) is 90.0 Å². The number of rotatable bonds is 12. The van der Waals surface area contributed by atoms with Gasteiger partial charge < -0.3 is 19.0 Å². The van der Waals surface area contributed by atoms with E-state index in [-0.39, 0.29) is 24.4 Å². The molecule has 0 unspecified atom stereocenters. The minimum atomic E-state index is -2.58. The van der Waals surface area contributed by atoms with E-state index in [0.717, 1.165) is 23.3 Å². The van der Waals surface area contributed by atoms with Crippen LogP contribution in [-0.2, 0) is 9.16 Å². The normalized spacial score (nSPS) is 13.0. The number of hydrogen-bond donors (Lipinski definition) is 1. The average Bonchev–Trinajstić information content (AvgIpc) is 2.86. The summed E-state index contributed by atoms with van der Waals surface area (Å²) in [7, 11) is -0.960. The molecule has 35 heavy (non-hydrogen) atoms. The molecule has 4 nitrogen and oxygen atoms in total. The minimum Gasteiger partial charge on any atom is -0.467 e. The smallest absolute Gasteiger partial charge is 0.261 e. The maximum Gasteiger partial charge on any atom is 0.261 e. The van der Waals surface area contributed by atoms with Crippen LogP contribution in [-0.4, -0.2) is 40.5 Å². The summed E-state index contributed by atoms with van der Waals surface area (Å²) in [5.41, 5.74) is 2.22. The van der Waals surface area contributed by atoms with Crippen LogP contribution in [0.4, 0.5) is 0 Å². The molecule has 0 aliphatic heterocycles. The molecule has 1 N–H and O–H groups in total. The summed E-state index contributed by atoms with van der Waals surface area (Å²) >= 11 is 0. The van der Waals surface area contributed by atoms with Gasteiger partial charge in [0.2, 0.25) is 0 Å². The first kappa shape index (κ1) is 27.1. The van der Waals surface area contributed by atoms with E-state index in [0.29, 0.717) is 13.0 Å². The number of aliphatic hydroxyl groups is 1. The van der Waals surface area contributed by atoms with Crippen LogP contribution in [0.3, 0.4) is 0 Å². The monoisotopic (exact) mass is 492 g/mol. The molecule has 0 aliphatic carbocycles. The number of aryl methyl sites for hydroxylation is 1. The fourth-order valence-corrected chi connectivity index (χ4v) is 9.48. The zero-order chi connectivity index (χ0) is 25.3. The summed E-state index contributed by atoms with van der Waals surface area (Å²) in [5.74, 6) is 0.990. The van der Waals surface area contributed by atoms with E-state index in [2.05, 4.69) is 99.6 Å². The average molecular weight is 493 g/mol. The summed E-state index contributed by atoms with van der Waals surface area (Å²) in [4.78, 5) is 0. The Hall–Kier alpha value is -2.44. The molecule has 0 aromatic heterocycles. The van der Waals surface area contributed by atoms with Crippen LogP contribution in [0, 0.1) is 6.92 Å². The lowest BCUT2D eigenvalue weighted by atomic mass is 9.92. The first-order valence-corrected chi connectivity index (χ1v) is 14.3. The van der Waals surface area contributed by atoms with Crippen LogP contribution in [0.25, 0.3) is 0 Å². The van der Waals surface area contributed by atoms with Gasteiger partial charge in [-0.3, -0.25) is 0 Å². The summed E-state index contributed by atoms with van der Waals surface area (Å²) in [6, 6.07) is 27.7. The lowest BCUT2D eigenvalue weighted by Gasteiger charge is -2.43. The first-order valence-electron chi connectivity index (χ1n) is 12.4. The Morgan fingerprint density at radius 2 is 1.46 bits per heavy atom. The molecule has 1 atom stereocenters. The van der Waals surface area contributed by atoms with E-state index in [9.17, 15) is 5.11 Å². The van der Waals surface area contributed by atoms with Gasteiger partial charge in [-0.15, -0.1) is 0 Å². The Kier molecular flexibility index (Phi) is 9.69. The molecule has 0 saturated carbocycles. The van der Waals surface area contributed by atoms with E-state index in [4.69, 9.17) is 13.9 Å². The van der Waals surface area contributed by atoms with E-state index >= 15 is 0 Å². The van der Waals surface area contributed by atoms with Gasteiger partial charge in [-0.05, 0) is 58.3 Å². The van der Waals surface area contributed by atoms with Gasteiger partial charge in [-0.1, -0.05) is 93.6 Å². The third-order valence-electron chi connectivity index (χ3n) is 6.70. The number of methoxy groups -OCH3 is 1. The largest absolute Gasteiger partial charge is 0.467 e. The maximum absolute atomic E-state index is 9.82. The Labute approximate surface area is 212 Å². The zero-order valence-electron chi connectivity index (χ0n) is 21.8. The highest BCUT2D eigenvalue weighted by atomic mass is 28.4. The second-order valence-corrected chi connectivity index (χ2v) is 14.4. The third-order valence-corrected chi connectivity index (χ3v) is 11.7. The SMILES string of the molecule is COCOc1cc([C@H](CCO)CCO[Si](c2ccccc2)(c2ccccc2)C(C)(C)C)ccc1C. The highest BCUT2D eigenvalue weighted by molar-refractivity contribution is 6.99. The van der Waals surface area contributed by atoms with Crippen molar-refractivity contribution in [2.24, 2.45) is 0 Å². The van der Waals surface area contributed by atoms with Gasteiger partial charge in [0.1, 0.15) is 5.75 Å². The van der Waals surface area contributed by atoms with Crippen molar-refractivity contribution in [3.63, 3.8) is 0 Å². The molecule has 3 aromatic rings. The number of hydrogen-bond acceptors (Lipinski definition) is 4. The van der Waals surface area contributed by atoms with Crippen molar-refractivity contribution in [2.45, 2.75) is 51.5 Å². The molecule has 0 heterocycles. The van der Waals surface area contributed by atoms with Crippen molar-refractivity contribution in [2.75, 3.05) is 27.1 Å². The van der Waals surface area contributed by atoms with Crippen LogP contribution in [0.2, 0.25) is 5.04 Å². The minimum absolute atomic E-state index is 0.0623. The maximum atomic E-state index is 9.82. The number of benzene rings is 3. The predicted octanol–water partition coefficient (Wildman–Crippen LogP) is 5.41. The second-order valence-electron chi connectivity index (χ2n) is 10.1. The summed E-state index contributed by atoms with van der Waals surface area (Å²) < 4.78 is 17.9. The van der Waals surface area contributed by atoms with Crippen molar-refractivity contribution in [1.29, 1.82) is 0 Å². The highest BCUT2D eigenvalue weighted by Crippen LogP contribution is 2.37. The summed E-state index contributed by atoms with van der Waals surface area (Å²) in [6.45, 7) is 9.87. The molecule has 0 aliphatic rings. The Balaban J connectivity index is 1.91. The van der Waals surface area contributed by atoms with E-state index < -0.39 is 8.32 Å². The molecule has 0 spiro atoms. The molecule has 3 rings (SSSR count). The first-order chi connectivity index (χ1) is 16.8. The van der Waals surface area contributed by atoms with Gasteiger partial charge in [0.05, 0.1) is 0 Å². The molecular weight excluding hydrogens is 452 g/mol. The summed E-state index contributed by atoms with van der Waals surface area (Å²) in [5, 5.41) is 12.3. The molecule has 0 radical (unpaired) electrons. The molecule has 3 aromatic carbocycles. The van der Waals surface area contributed by atoms with Crippen LogP contribution in [0.1, 0.15) is 50.7 Å². The number of ether oxygens (including phenoxy) is 2. The van der Waals surface area contributed by atoms with Crippen LogP contribution >= 0.6 is 0 Å².